The molecule has 6 aromatic carbocycles. The predicted octanol–water partition coefficient (Wildman–Crippen LogP) is 12.1. The molecule has 0 aliphatic heterocycles. The number of benzene rings is 6. The zero-order chi connectivity index (χ0) is 31.1. The molecule has 0 radical (unpaired) electrons. The van der Waals surface area contributed by atoms with E-state index in [4.69, 9.17) is 4.42 Å². The standard InChI is InChI=1S/C46H35NO/c1-4-10-40-34(7-1)35-16-15-33(26-41(35)46(40)31-20-27-19-28(22-31)23-32(46)21-27)47-42-11-5-2-8-36(42)38-24-29(13-17-43(38)47)30-14-18-45-39(25-30)37-9-3-6-12-44(37)48-45/h1-18,24-28,31-32H,19-23H2. The molecule has 48 heavy (non-hydrogen) atoms. The average Bonchev–Trinajstić information content (AvgIpc) is 3.76. The zero-order valence-electron chi connectivity index (χ0n) is 26.8. The molecule has 0 N–H and O–H groups in total. The lowest BCUT2D eigenvalue weighted by Gasteiger charge is -2.61. The Kier molecular flexibility index (Phi) is 4.91. The summed E-state index contributed by atoms with van der Waals surface area (Å²) in [6, 6.07) is 47.9. The highest BCUT2D eigenvalue weighted by molar-refractivity contribution is 6.11. The lowest BCUT2D eigenvalue weighted by atomic mass is 9.43. The molecule has 2 heteroatoms. The van der Waals surface area contributed by atoms with Gasteiger partial charge in [-0.05, 0) is 138 Å². The fourth-order valence-corrected chi connectivity index (χ4v) is 11.6. The van der Waals surface area contributed by atoms with Crippen LogP contribution in [0.4, 0.5) is 0 Å². The molecule has 5 aliphatic carbocycles. The fraction of sp³-hybridized carbons (Fsp3) is 0.217. The van der Waals surface area contributed by atoms with Gasteiger partial charge in [-0.1, -0.05) is 78.9 Å². The van der Waals surface area contributed by atoms with Crippen LogP contribution >= 0.6 is 0 Å². The van der Waals surface area contributed by atoms with Gasteiger partial charge in [-0.3, -0.25) is 0 Å². The molecule has 4 fully saturated rings. The van der Waals surface area contributed by atoms with Gasteiger partial charge in [0.25, 0.3) is 0 Å². The molecule has 0 atom stereocenters. The summed E-state index contributed by atoms with van der Waals surface area (Å²) in [5.41, 5.74) is 14.5. The Labute approximate surface area is 279 Å². The highest BCUT2D eigenvalue weighted by Gasteiger charge is 2.61. The van der Waals surface area contributed by atoms with Gasteiger partial charge >= 0.3 is 0 Å². The van der Waals surface area contributed by atoms with Gasteiger partial charge in [-0.2, -0.15) is 0 Å². The molecule has 2 heterocycles. The molecular weight excluding hydrogens is 583 g/mol. The van der Waals surface area contributed by atoms with Gasteiger partial charge in [0.1, 0.15) is 11.2 Å². The number of para-hydroxylation sites is 2. The maximum atomic E-state index is 6.15. The first-order valence-corrected chi connectivity index (χ1v) is 17.9. The predicted molar refractivity (Wildman–Crippen MR) is 197 cm³/mol. The summed E-state index contributed by atoms with van der Waals surface area (Å²) in [6.45, 7) is 0. The molecule has 1 spiro atoms. The minimum atomic E-state index is 0.164. The van der Waals surface area contributed by atoms with E-state index in [1.807, 2.05) is 6.07 Å². The van der Waals surface area contributed by atoms with Crippen LogP contribution < -0.4 is 0 Å². The van der Waals surface area contributed by atoms with Gasteiger partial charge in [0, 0.05) is 32.6 Å². The normalized spacial score (nSPS) is 25.2. The maximum absolute atomic E-state index is 6.15. The third kappa shape index (κ3) is 3.19. The largest absolute Gasteiger partial charge is 0.456 e. The Bertz CT molecular complexity index is 2620. The topological polar surface area (TPSA) is 18.1 Å². The molecule has 13 rings (SSSR count). The number of hydrogen-bond donors (Lipinski definition) is 0. The van der Waals surface area contributed by atoms with E-state index in [2.05, 4.69) is 126 Å². The van der Waals surface area contributed by atoms with Gasteiger partial charge < -0.3 is 8.98 Å². The second-order valence-electron chi connectivity index (χ2n) is 15.3. The van der Waals surface area contributed by atoms with Crippen molar-refractivity contribution in [2.75, 3.05) is 0 Å². The minimum Gasteiger partial charge on any atom is -0.456 e. The highest BCUT2D eigenvalue weighted by Crippen LogP contribution is 2.69. The zero-order valence-corrected chi connectivity index (χ0v) is 26.8. The smallest absolute Gasteiger partial charge is 0.135 e. The molecule has 8 aromatic rings. The molecule has 5 aliphatic rings. The van der Waals surface area contributed by atoms with Crippen LogP contribution in [0.15, 0.2) is 132 Å². The van der Waals surface area contributed by atoms with Crippen LogP contribution in [0.25, 0.3) is 71.7 Å². The Morgan fingerprint density at radius 2 is 1.12 bits per heavy atom. The van der Waals surface area contributed by atoms with E-state index in [1.54, 1.807) is 11.1 Å². The van der Waals surface area contributed by atoms with E-state index in [-0.39, 0.29) is 5.41 Å². The Hall–Kier alpha value is -5.08. The van der Waals surface area contributed by atoms with Crippen molar-refractivity contribution in [2.45, 2.75) is 37.5 Å². The third-order valence-electron chi connectivity index (χ3n) is 13.2. The first kappa shape index (κ1) is 25.9. The molecule has 0 unspecified atom stereocenters. The van der Waals surface area contributed by atoms with Crippen LogP contribution in [-0.4, -0.2) is 4.57 Å². The van der Waals surface area contributed by atoms with Crippen LogP contribution in [0.5, 0.6) is 0 Å². The van der Waals surface area contributed by atoms with Gasteiger partial charge in [-0.15, -0.1) is 0 Å². The molecule has 0 amide bonds. The van der Waals surface area contributed by atoms with Crippen molar-refractivity contribution in [1.29, 1.82) is 0 Å². The molecule has 2 nitrogen and oxygen atoms in total. The van der Waals surface area contributed by atoms with Gasteiger partial charge in [0.15, 0.2) is 0 Å². The van der Waals surface area contributed by atoms with E-state index in [0.29, 0.717) is 0 Å². The van der Waals surface area contributed by atoms with Gasteiger partial charge in [-0.25, -0.2) is 0 Å². The summed E-state index contributed by atoms with van der Waals surface area (Å²) >= 11 is 0. The molecule has 230 valence electrons. The molecule has 2 aromatic heterocycles. The first-order valence-electron chi connectivity index (χ1n) is 17.9. The van der Waals surface area contributed by atoms with Crippen LogP contribution in [0.3, 0.4) is 0 Å². The third-order valence-corrected chi connectivity index (χ3v) is 13.2. The van der Waals surface area contributed by atoms with E-state index >= 15 is 0 Å². The minimum absolute atomic E-state index is 0.164. The van der Waals surface area contributed by atoms with E-state index in [0.717, 1.165) is 34.8 Å². The number of nitrogens with zero attached hydrogens (tertiary/aromatic N) is 1. The summed E-state index contributed by atoms with van der Waals surface area (Å²) in [6.07, 6.45) is 7.10. The Morgan fingerprint density at radius 3 is 1.98 bits per heavy atom. The van der Waals surface area contributed by atoms with E-state index in [1.165, 1.54) is 92.6 Å². The van der Waals surface area contributed by atoms with Crippen LogP contribution in [0, 0.1) is 23.7 Å². The first-order chi connectivity index (χ1) is 23.7. The lowest BCUT2D eigenvalue weighted by molar-refractivity contribution is -0.0399. The summed E-state index contributed by atoms with van der Waals surface area (Å²) < 4.78 is 8.68. The van der Waals surface area contributed by atoms with Crippen LogP contribution in [-0.2, 0) is 5.41 Å². The lowest BCUT2D eigenvalue weighted by Crippen LogP contribution is -2.55. The summed E-state index contributed by atoms with van der Waals surface area (Å²) in [4.78, 5) is 0. The summed E-state index contributed by atoms with van der Waals surface area (Å²) in [5, 5.41) is 4.94. The number of fused-ring (bicyclic) bond motifs is 9. The van der Waals surface area contributed by atoms with Crippen molar-refractivity contribution in [3.05, 3.63) is 139 Å². The number of rotatable bonds is 2. The molecule has 0 saturated heterocycles. The van der Waals surface area contributed by atoms with Gasteiger partial charge in [0.05, 0.1) is 11.0 Å². The summed E-state index contributed by atoms with van der Waals surface area (Å²) in [7, 11) is 0. The number of hydrogen-bond acceptors (Lipinski definition) is 1. The quantitative estimate of drug-likeness (QED) is 0.189. The molecule has 4 bridgehead atoms. The monoisotopic (exact) mass is 617 g/mol. The van der Waals surface area contributed by atoms with Gasteiger partial charge in [0.2, 0.25) is 0 Å². The van der Waals surface area contributed by atoms with E-state index in [9.17, 15) is 0 Å². The van der Waals surface area contributed by atoms with Crippen molar-refractivity contribution in [3.8, 4) is 27.9 Å². The Morgan fingerprint density at radius 1 is 0.479 bits per heavy atom. The SMILES string of the molecule is c1ccc2c(c1)-c1ccc(-n3c4ccccc4c4cc(-c5ccc6oc7ccccc7c6c5)ccc43)cc1C21C2CC3CC(C2)CC1C3. The second kappa shape index (κ2) is 9.08. The van der Waals surface area contributed by atoms with Crippen molar-refractivity contribution < 1.29 is 4.42 Å². The molecule has 4 saturated carbocycles. The second-order valence-corrected chi connectivity index (χ2v) is 15.3. The average molecular weight is 618 g/mol. The van der Waals surface area contributed by atoms with Crippen LogP contribution in [0.1, 0.15) is 43.2 Å². The summed E-state index contributed by atoms with van der Waals surface area (Å²) in [5.74, 6) is 3.41. The maximum Gasteiger partial charge on any atom is 0.135 e. The highest BCUT2D eigenvalue weighted by atomic mass is 16.3. The van der Waals surface area contributed by atoms with E-state index < -0.39 is 0 Å². The van der Waals surface area contributed by atoms with Crippen molar-refractivity contribution in [2.24, 2.45) is 23.7 Å². The fourth-order valence-electron chi connectivity index (χ4n) is 11.6. The number of aromatic nitrogens is 1. The van der Waals surface area contributed by atoms with Crippen molar-refractivity contribution in [3.63, 3.8) is 0 Å². The van der Waals surface area contributed by atoms with Crippen molar-refractivity contribution in [1.82, 2.24) is 4.57 Å². The van der Waals surface area contributed by atoms with Crippen molar-refractivity contribution >= 4 is 43.7 Å². The van der Waals surface area contributed by atoms with Crippen LogP contribution in [0.2, 0.25) is 0 Å². The Balaban J connectivity index is 1.06. The molecular formula is C46H35NO. The number of furan rings is 1.